The number of nitro groups is 1. The van der Waals surface area contributed by atoms with E-state index in [1.807, 2.05) is 24.1 Å². The SMILES string of the molecule is CC(O)CCN(C)c1ccnc2c([N+](=O)[O-])cccc12. The molecule has 1 heterocycles. The average Bonchev–Trinajstić information content (AvgIpc) is 2.43. The third-order valence-electron chi connectivity index (χ3n) is 3.22. The molecule has 1 unspecified atom stereocenters. The number of aliphatic hydroxyl groups excluding tert-OH is 1. The number of nitrogens with zero attached hydrogens (tertiary/aromatic N) is 3. The van der Waals surface area contributed by atoms with Crippen molar-refractivity contribution >= 4 is 22.3 Å². The van der Waals surface area contributed by atoms with Gasteiger partial charge in [0.1, 0.15) is 5.52 Å². The third-order valence-corrected chi connectivity index (χ3v) is 3.22. The van der Waals surface area contributed by atoms with Crippen LogP contribution in [0.3, 0.4) is 0 Å². The second kappa shape index (κ2) is 5.83. The van der Waals surface area contributed by atoms with E-state index in [1.54, 1.807) is 19.2 Å². The molecule has 20 heavy (non-hydrogen) atoms. The number of aromatic nitrogens is 1. The molecule has 0 aliphatic heterocycles. The number of pyridine rings is 1. The molecule has 1 N–H and O–H groups in total. The Morgan fingerprint density at radius 2 is 2.20 bits per heavy atom. The highest BCUT2D eigenvalue weighted by molar-refractivity contribution is 5.96. The minimum atomic E-state index is -0.422. The fraction of sp³-hybridized carbons (Fsp3) is 0.357. The molecule has 0 amide bonds. The summed E-state index contributed by atoms with van der Waals surface area (Å²) in [7, 11) is 1.90. The molecule has 6 nitrogen and oxygen atoms in total. The first kappa shape index (κ1) is 14.2. The highest BCUT2D eigenvalue weighted by atomic mass is 16.6. The summed E-state index contributed by atoms with van der Waals surface area (Å²) < 4.78 is 0. The number of non-ortho nitro benzene ring substituents is 1. The fourth-order valence-corrected chi connectivity index (χ4v) is 2.13. The summed E-state index contributed by atoms with van der Waals surface area (Å²) in [4.78, 5) is 16.7. The van der Waals surface area contributed by atoms with Gasteiger partial charge in [-0.1, -0.05) is 12.1 Å². The maximum Gasteiger partial charge on any atom is 0.295 e. The topological polar surface area (TPSA) is 79.5 Å². The Kier molecular flexibility index (Phi) is 4.14. The van der Waals surface area contributed by atoms with Crippen molar-refractivity contribution in [2.75, 3.05) is 18.5 Å². The first-order valence-corrected chi connectivity index (χ1v) is 6.42. The molecular formula is C14H17N3O3. The molecular weight excluding hydrogens is 258 g/mol. The van der Waals surface area contributed by atoms with Gasteiger partial charge in [-0.15, -0.1) is 0 Å². The lowest BCUT2D eigenvalue weighted by Gasteiger charge is -2.21. The molecule has 0 fully saturated rings. The second-order valence-corrected chi connectivity index (χ2v) is 4.82. The quantitative estimate of drug-likeness (QED) is 0.669. The summed E-state index contributed by atoms with van der Waals surface area (Å²) in [5.74, 6) is 0. The van der Waals surface area contributed by atoms with Crippen LogP contribution < -0.4 is 4.90 Å². The molecule has 1 aromatic heterocycles. The molecule has 6 heteroatoms. The lowest BCUT2D eigenvalue weighted by atomic mass is 10.1. The van der Waals surface area contributed by atoms with Crippen molar-refractivity contribution in [3.63, 3.8) is 0 Å². The van der Waals surface area contributed by atoms with Crippen molar-refractivity contribution in [2.24, 2.45) is 0 Å². The summed E-state index contributed by atoms with van der Waals surface area (Å²) in [6.45, 7) is 2.41. The molecule has 0 aliphatic rings. The second-order valence-electron chi connectivity index (χ2n) is 4.82. The van der Waals surface area contributed by atoms with E-state index in [4.69, 9.17) is 0 Å². The number of fused-ring (bicyclic) bond motifs is 1. The van der Waals surface area contributed by atoms with Gasteiger partial charge in [-0.05, 0) is 19.4 Å². The van der Waals surface area contributed by atoms with Gasteiger partial charge in [0.05, 0.1) is 11.0 Å². The average molecular weight is 275 g/mol. The third kappa shape index (κ3) is 2.85. The number of hydrogen-bond acceptors (Lipinski definition) is 5. The van der Waals surface area contributed by atoms with E-state index in [0.29, 0.717) is 18.5 Å². The zero-order valence-corrected chi connectivity index (χ0v) is 11.5. The number of para-hydroxylation sites is 1. The van der Waals surface area contributed by atoms with Crippen molar-refractivity contribution in [2.45, 2.75) is 19.4 Å². The van der Waals surface area contributed by atoms with Crippen LogP contribution >= 0.6 is 0 Å². The Hall–Kier alpha value is -2.21. The highest BCUT2D eigenvalue weighted by Crippen LogP contribution is 2.30. The molecule has 2 rings (SSSR count). The summed E-state index contributed by atoms with van der Waals surface area (Å²) in [6, 6.07) is 6.76. The van der Waals surface area contributed by atoms with Gasteiger partial charge in [0.25, 0.3) is 5.69 Å². The Morgan fingerprint density at radius 3 is 2.85 bits per heavy atom. The maximum atomic E-state index is 11.0. The van der Waals surface area contributed by atoms with E-state index in [1.165, 1.54) is 6.07 Å². The molecule has 0 radical (unpaired) electrons. The molecule has 0 bridgehead atoms. The van der Waals surface area contributed by atoms with Gasteiger partial charge >= 0.3 is 0 Å². The summed E-state index contributed by atoms with van der Waals surface area (Å²) >= 11 is 0. The van der Waals surface area contributed by atoms with Crippen molar-refractivity contribution < 1.29 is 10.0 Å². The number of rotatable bonds is 5. The van der Waals surface area contributed by atoms with Gasteiger partial charge in [-0.3, -0.25) is 10.1 Å². The zero-order valence-electron chi connectivity index (χ0n) is 11.5. The molecule has 2 aromatic rings. The predicted octanol–water partition coefficient (Wildman–Crippen LogP) is 2.35. The number of anilines is 1. The molecule has 0 aliphatic carbocycles. The molecule has 1 aromatic carbocycles. The largest absolute Gasteiger partial charge is 0.393 e. The predicted molar refractivity (Wildman–Crippen MR) is 78.0 cm³/mol. The van der Waals surface area contributed by atoms with Crippen molar-refractivity contribution in [1.82, 2.24) is 4.98 Å². The van der Waals surface area contributed by atoms with Crippen LogP contribution in [0.1, 0.15) is 13.3 Å². The van der Waals surface area contributed by atoms with E-state index in [-0.39, 0.29) is 11.8 Å². The minimum Gasteiger partial charge on any atom is -0.393 e. The first-order valence-electron chi connectivity index (χ1n) is 6.42. The van der Waals surface area contributed by atoms with Crippen molar-refractivity contribution in [3.8, 4) is 0 Å². The van der Waals surface area contributed by atoms with Crippen LogP contribution in [0.5, 0.6) is 0 Å². The molecule has 0 saturated carbocycles. The Bertz CT molecular complexity index is 628. The maximum absolute atomic E-state index is 11.0. The van der Waals surface area contributed by atoms with E-state index < -0.39 is 4.92 Å². The number of benzene rings is 1. The minimum absolute atomic E-state index is 0.00766. The van der Waals surface area contributed by atoms with Gasteiger partial charge in [0.15, 0.2) is 0 Å². The summed E-state index contributed by atoms with van der Waals surface area (Å²) in [6.07, 6.45) is 1.83. The van der Waals surface area contributed by atoms with Gasteiger partial charge in [-0.2, -0.15) is 0 Å². The van der Waals surface area contributed by atoms with E-state index in [0.717, 1.165) is 11.1 Å². The molecule has 0 spiro atoms. The van der Waals surface area contributed by atoms with Crippen LogP contribution in [0.15, 0.2) is 30.5 Å². The van der Waals surface area contributed by atoms with Crippen molar-refractivity contribution in [3.05, 3.63) is 40.6 Å². The van der Waals surface area contributed by atoms with Gasteiger partial charge in [0, 0.05) is 36.9 Å². The smallest absolute Gasteiger partial charge is 0.295 e. The fourth-order valence-electron chi connectivity index (χ4n) is 2.13. The van der Waals surface area contributed by atoms with E-state index >= 15 is 0 Å². The van der Waals surface area contributed by atoms with Crippen LogP contribution in [0, 0.1) is 10.1 Å². The summed E-state index contributed by atoms with van der Waals surface area (Å²) in [5, 5.41) is 21.1. The Labute approximate surface area is 116 Å². The van der Waals surface area contributed by atoms with Crippen LogP contribution in [0.4, 0.5) is 11.4 Å². The normalized spacial score (nSPS) is 12.3. The van der Waals surface area contributed by atoms with Crippen LogP contribution in [-0.2, 0) is 0 Å². The highest BCUT2D eigenvalue weighted by Gasteiger charge is 2.16. The molecule has 1 atom stereocenters. The van der Waals surface area contributed by atoms with Crippen LogP contribution in [0.25, 0.3) is 10.9 Å². The first-order chi connectivity index (χ1) is 9.50. The van der Waals surface area contributed by atoms with E-state index in [2.05, 4.69) is 4.98 Å². The monoisotopic (exact) mass is 275 g/mol. The van der Waals surface area contributed by atoms with E-state index in [9.17, 15) is 15.2 Å². The van der Waals surface area contributed by atoms with Gasteiger partial charge in [0.2, 0.25) is 0 Å². The van der Waals surface area contributed by atoms with Crippen LogP contribution in [0.2, 0.25) is 0 Å². The standard InChI is InChI=1S/C14H17N3O3/c1-10(18)7-9-16(2)12-6-8-15-14-11(12)4-3-5-13(14)17(19)20/h3-6,8,10,18H,7,9H2,1-2H3. The molecule has 106 valence electrons. The van der Waals surface area contributed by atoms with Gasteiger partial charge in [-0.25, -0.2) is 4.98 Å². The summed E-state index contributed by atoms with van der Waals surface area (Å²) in [5.41, 5.74) is 1.27. The Balaban J connectivity index is 2.44. The van der Waals surface area contributed by atoms with Gasteiger partial charge < -0.3 is 10.0 Å². The zero-order chi connectivity index (χ0) is 14.7. The number of hydrogen-bond donors (Lipinski definition) is 1. The number of aliphatic hydroxyl groups is 1. The Morgan fingerprint density at radius 1 is 1.45 bits per heavy atom. The van der Waals surface area contributed by atoms with Crippen molar-refractivity contribution in [1.29, 1.82) is 0 Å². The lowest BCUT2D eigenvalue weighted by molar-refractivity contribution is -0.383. The number of nitro benzene ring substituents is 1. The van der Waals surface area contributed by atoms with Crippen LogP contribution in [-0.4, -0.2) is 34.7 Å². The molecule has 0 saturated heterocycles. The lowest BCUT2D eigenvalue weighted by Crippen LogP contribution is -2.22.